The molecule has 7 nitrogen and oxygen atoms in total. The highest BCUT2D eigenvalue weighted by molar-refractivity contribution is 7.88. The van der Waals surface area contributed by atoms with Gasteiger partial charge in [0.05, 0.1) is 17.2 Å². The number of allylic oxidation sites excluding steroid dienone is 1. The van der Waals surface area contributed by atoms with Crippen molar-refractivity contribution in [3.05, 3.63) is 57.4 Å². The van der Waals surface area contributed by atoms with E-state index >= 15 is 0 Å². The molecule has 0 fully saturated rings. The van der Waals surface area contributed by atoms with Crippen LogP contribution in [0.2, 0.25) is 5.02 Å². The van der Waals surface area contributed by atoms with Gasteiger partial charge in [0.2, 0.25) is 11.5 Å². The molecule has 0 radical (unpaired) electrons. The van der Waals surface area contributed by atoms with Crippen molar-refractivity contribution in [3.8, 4) is 0 Å². The Hall–Kier alpha value is -1.98. The molecule has 1 N–H and O–H groups in total. The first-order valence-corrected chi connectivity index (χ1v) is 11.2. The van der Waals surface area contributed by atoms with Gasteiger partial charge in [-0.3, -0.25) is 4.79 Å². The molecule has 1 aromatic heterocycles. The number of nitrogens with zero attached hydrogens (tertiary/aromatic N) is 3. The number of nitrogens with one attached hydrogen (secondary N) is 1. The maximum absolute atomic E-state index is 13.4. The minimum absolute atomic E-state index is 0.113. The summed E-state index contributed by atoms with van der Waals surface area (Å²) in [5, 5.41) is 4.87. The Bertz CT molecular complexity index is 982. The normalized spacial score (nSPS) is 16.9. The average molecular weight is 471 g/mol. The Kier molecular flexibility index (Phi) is 7.14. The number of hydrogen-bond acceptors (Lipinski definition) is 7. The molecule has 3 rings (SSSR count). The number of aromatic nitrogens is 1. The molecule has 0 saturated carbocycles. The summed E-state index contributed by atoms with van der Waals surface area (Å²) in [6.45, 7) is 4.06. The van der Waals surface area contributed by atoms with E-state index in [0.29, 0.717) is 22.8 Å². The maximum atomic E-state index is 13.4. The molecule has 0 bridgehead atoms. The van der Waals surface area contributed by atoms with E-state index in [1.54, 1.807) is 24.8 Å². The van der Waals surface area contributed by atoms with Gasteiger partial charge in [-0.1, -0.05) is 11.6 Å². The summed E-state index contributed by atoms with van der Waals surface area (Å²) >= 11 is 5.30. The highest BCUT2D eigenvalue weighted by atomic mass is 35.5. The Morgan fingerprint density at radius 1 is 1.47 bits per heavy atom. The van der Waals surface area contributed by atoms with Crippen LogP contribution in [0.1, 0.15) is 25.3 Å². The van der Waals surface area contributed by atoms with E-state index < -0.39 is 28.9 Å². The van der Waals surface area contributed by atoms with Gasteiger partial charge in [-0.2, -0.15) is 4.31 Å². The Morgan fingerprint density at radius 2 is 2.23 bits per heavy atom. The van der Waals surface area contributed by atoms with Gasteiger partial charge in [-0.25, -0.2) is 9.37 Å². The molecule has 1 unspecified atom stereocenters. The van der Waals surface area contributed by atoms with Crippen LogP contribution in [-0.2, 0) is 21.1 Å². The van der Waals surface area contributed by atoms with E-state index in [4.69, 9.17) is 16.3 Å². The van der Waals surface area contributed by atoms with Gasteiger partial charge in [0.1, 0.15) is 10.8 Å². The summed E-state index contributed by atoms with van der Waals surface area (Å²) < 4.78 is 37.3. The maximum Gasteiger partial charge on any atom is 0.276 e. The number of carbonyl (C=O) groups is 1. The number of hydrogen-bond donors (Lipinski definition) is 1. The summed E-state index contributed by atoms with van der Waals surface area (Å²) in [6, 6.07) is 3.86. The minimum Gasteiger partial charge on any atom is -0.566 e. The molecular formula is C19H20ClFN4O3S2. The lowest BCUT2D eigenvalue weighted by atomic mass is 10.1. The van der Waals surface area contributed by atoms with Gasteiger partial charge >= 0.3 is 0 Å². The van der Waals surface area contributed by atoms with Crippen LogP contribution >= 0.6 is 22.9 Å². The van der Waals surface area contributed by atoms with E-state index in [1.807, 2.05) is 13.8 Å². The largest absolute Gasteiger partial charge is 0.566 e. The zero-order chi connectivity index (χ0) is 21.9. The number of methoxy groups -OCH3 is 1. The Morgan fingerprint density at radius 3 is 2.87 bits per heavy atom. The molecule has 1 aliphatic rings. The lowest BCUT2D eigenvalue weighted by molar-refractivity contribution is -0.113. The average Bonchev–Trinajstić information content (AvgIpc) is 3.24. The van der Waals surface area contributed by atoms with Crippen LogP contribution in [0.4, 0.5) is 10.1 Å². The monoisotopic (exact) mass is 470 g/mol. The molecule has 1 amide bonds. The molecule has 1 atom stereocenters. The molecule has 0 spiro atoms. The number of benzene rings is 1. The van der Waals surface area contributed by atoms with Crippen molar-refractivity contribution < 1.29 is 18.5 Å². The van der Waals surface area contributed by atoms with Gasteiger partial charge in [-0.05, 0) is 42.9 Å². The third kappa shape index (κ3) is 5.38. The second kappa shape index (κ2) is 9.44. The number of halogens is 2. The van der Waals surface area contributed by atoms with Crippen LogP contribution in [0.15, 0.2) is 45.9 Å². The Balaban J connectivity index is 1.89. The number of anilines is 1. The van der Waals surface area contributed by atoms with Crippen molar-refractivity contribution >= 4 is 51.8 Å². The fourth-order valence-corrected chi connectivity index (χ4v) is 4.31. The second-order valence-corrected chi connectivity index (χ2v) is 9.36. The number of ether oxygens (including phenoxy) is 1. The quantitative estimate of drug-likeness (QED) is 0.618. The van der Waals surface area contributed by atoms with Crippen molar-refractivity contribution in [2.75, 3.05) is 19.0 Å². The zero-order valence-corrected chi connectivity index (χ0v) is 18.9. The molecule has 0 aliphatic carbocycles. The number of amides is 1. The fourth-order valence-electron chi connectivity index (χ4n) is 2.52. The first-order chi connectivity index (χ1) is 14.2. The topological polar surface area (TPSA) is 89.9 Å². The minimum atomic E-state index is -1.83. The highest BCUT2D eigenvalue weighted by Gasteiger charge is 2.35. The van der Waals surface area contributed by atoms with Gasteiger partial charge < -0.3 is 14.6 Å². The standard InChI is InChI=1S/C19H20ClFN4O3S2/c1-19(2,28-3)6-8-25-16(11-15(24-30(25)27)18-22-7-9-29-18)17(26)23-12-4-5-14(21)13(20)10-12/h4-5,7,9-11H,6,8H2,1-3H3,(H,23,26). The van der Waals surface area contributed by atoms with E-state index in [1.165, 1.54) is 27.8 Å². The molecule has 1 aliphatic heterocycles. The van der Waals surface area contributed by atoms with E-state index in [9.17, 15) is 13.7 Å². The third-order valence-corrected chi connectivity index (χ3v) is 6.63. The van der Waals surface area contributed by atoms with Crippen LogP contribution in [0, 0.1) is 5.82 Å². The van der Waals surface area contributed by atoms with Crippen LogP contribution < -0.4 is 5.32 Å². The van der Waals surface area contributed by atoms with Crippen molar-refractivity contribution in [3.63, 3.8) is 0 Å². The zero-order valence-electron chi connectivity index (χ0n) is 16.5. The first-order valence-electron chi connectivity index (χ1n) is 8.91. The molecule has 0 saturated heterocycles. The predicted molar refractivity (Wildman–Crippen MR) is 117 cm³/mol. The van der Waals surface area contributed by atoms with Crippen molar-refractivity contribution in [2.24, 2.45) is 4.40 Å². The molecule has 11 heteroatoms. The van der Waals surface area contributed by atoms with Crippen LogP contribution in [0.5, 0.6) is 0 Å². The van der Waals surface area contributed by atoms with E-state index in [-0.39, 0.29) is 17.3 Å². The smallest absolute Gasteiger partial charge is 0.276 e. The summed E-state index contributed by atoms with van der Waals surface area (Å²) in [6.07, 6.45) is 3.65. The van der Waals surface area contributed by atoms with Crippen molar-refractivity contribution in [2.45, 2.75) is 25.9 Å². The Labute approximate surface area is 186 Å². The lowest BCUT2D eigenvalue weighted by Gasteiger charge is -2.30. The third-order valence-electron chi connectivity index (χ3n) is 4.44. The van der Waals surface area contributed by atoms with Crippen molar-refractivity contribution in [1.29, 1.82) is 0 Å². The number of rotatable bonds is 7. The molecule has 30 heavy (non-hydrogen) atoms. The first kappa shape index (κ1) is 22.7. The predicted octanol–water partition coefficient (Wildman–Crippen LogP) is 3.96. The highest BCUT2D eigenvalue weighted by Crippen LogP contribution is 2.26. The summed E-state index contributed by atoms with van der Waals surface area (Å²) in [5.74, 6) is -1.11. The van der Waals surface area contributed by atoms with Crippen LogP contribution in [0.3, 0.4) is 0 Å². The lowest BCUT2D eigenvalue weighted by Crippen LogP contribution is -2.41. The number of thiazole rings is 1. The van der Waals surface area contributed by atoms with Crippen LogP contribution in [-0.4, -0.2) is 44.7 Å². The summed E-state index contributed by atoms with van der Waals surface area (Å²) in [7, 11) is 1.59. The summed E-state index contributed by atoms with van der Waals surface area (Å²) in [4.78, 5) is 17.2. The van der Waals surface area contributed by atoms with Gasteiger partial charge in [-0.15, -0.1) is 11.3 Å². The molecule has 1 aromatic carbocycles. The fraction of sp³-hybridized carbons (Fsp3) is 0.316. The van der Waals surface area contributed by atoms with Crippen molar-refractivity contribution in [1.82, 2.24) is 9.29 Å². The SMILES string of the molecule is COC(C)(C)CCN1C(C(=O)Nc2ccc(F)c(Cl)c2)=CC(c2nccs2)=N[S+]1[O-]. The van der Waals surface area contributed by atoms with Gasteiger partial charge in [0, 0.05) is 30.5 Å². The molecule has 2 heterocycles. The van der Waals surface area contributed by atoms with E-state index in [2.05, 4.69) is 14.7 Å². The van der Waals surface area contributed by atoms with Crippen LogP contribution in [0.25, 0.3) is 0 Å². The second-order valence-electron chi connectivity index (χ2n) is 6.97. The van der Waals surface area contributed by atoms with E-state index in [0.717, 1.165) is 6.07 Å². The molecule has 2 aromatic rings. The molecular weight excluding hydrogens is 451 g/mol. The molecule has 160 valence electrons. The number of carbonyl (C=O) groups excluding carboxylic acids is 1. The van der Waals surface area contributed by atoms with Gasteiger partial charge in [0.15, 0.2) is 11.4 Å². The summed E-state index contributed by atoms with van der Waals surface area (Å²) in [5.41, 5.74) is 0.345. The van der Waals surface area contributed by atoms with Gasteiger partial charge in [0.25, 0.3) is 5.91 Å².